The Morgan fingerprint density at radius 1 is 1.47 bits per heavy atom. The van der Waals surface area contributed by atoms with Crippen LogP contribution in [0, 0.1) is 5.92 Å². The Balaban J connectivity index is 2.09. The van der Waals surface area contributed by atoms with Gasteiger partial charge in [-0.15, -0.1) is 0 Å². The lowest BCUT2D eigenvalue weighted by Crippen LogP contribution is -2.42. The van der Waals surface area contributed by atoms with Crippen molar-refractivity contribution < 1.29 is 24.2 Å². The quantitative estimate of drug-likeness (QED) is 0.729. The maximum atomic E-state index is 12.0. The molecule has 2 aliphatic heterocycles. The topological polar surface area (TPSA) is 68.2 Å². The Morgan fingerprint density at radius 3 is 2.95 bits per heavy atom. The maximum Gasteiger partial charge on any atom is 0.313 e. The largest absolute Gasteiger partial charge is 0.469 e. The first-order valence-electron chi connectivity index (χ1n) is 6.87. The fourth-order valence-corrected chi connectivity index (χ4v) is 3.00. The summed E-state index contributed by atoms with van der Waals surface area (Å²) in [5, 5.41) is 12.1. The van der Waals surface area contributed by atoms with Crippen molar-refractivity contribution >= 4 is 5.97 Å². The van der Waals surface area contributed by atoms with Crippen LogP contribution in [0.2, 0.25) is 0 Å². The van der Waals surface area contributed by atoms with Crippen molar-refractivity contribution in [1.82, 2.24) is 5.06 Å². The van der Waals surface area contributed by atoms with Crippen LogP contribution >= 0.6 is 0 Å². The van der Waals surface area contributed by atoms with Crippen LogP contribution in [0.25, 0.3) is 0 Å². The van der Waals surface area contributed by atoms with Gasteiger partial charge in [-0.05, 0) is 19.3 Å². The molecule has 0 amide bonds. The summed E-state index contributed by atoms with van der Waals surface area (Å²) >= 11 is 0. The van der Waals surface area contributed by atoms with Gasteiger partial charge in [0.2, 0.25) is 0 Å². The predicted octanol–water partition coefficient (Wildman–Crippen LogP) is 0.341. The SMILES string of the molecule is COCC[C@@H](O)[C@@H]1ON2CCCC[C@@H]2[C@H]1C(=O)OC. The summed E-state index contributed by atoms with van der Waals surface area (Å²) in [5.41, 5.74) is 0. The van der Waals surface area contributed by atoms with Gasteiger partial charge < -0.3 is 14.6 Å². The molecule has 2 heterocycles. The van der Waals surface area contributed by atoms with Gasteiger partial charge >= 0.3 is 5.97 Å². The van der Waals surface area contributed by atoms with Crippen LogP contribution in [0.5, 0.6) is 0 Å². The van der Waals surface area contributed by atoms with Crippen molar-refractivity contribution in [2.24, 2.45) is 5.92 Å². The molecule has 6 nitrogen and oxygen atoms in total. The molecule has 2 fully saturated rings. The van der Waals surface area contributed by atoms with Crippen LogP contribution in [-0.4, -0.2) is 61.8 Å². The molecule has 0 aromatic heterocycles. The highest BCUT2D eigenvalue weighted by Crippen LogP contribution is 2.36. The number of carbonyl (C=O) groups excluding carboxylic acids is 1. The zero-order valence-corrected chi connectivity index (χ0v) is 11.6. The van der Waals surface area contributed by atoms with E-state index in [1.54, 1.807) is 7.11 Å². The molecule has 0 bridgehead atoms. The van der Waals surface area contributed by atoms with Gasteiger partial charge in [-0.1, -0.05) is 6.42 Å². The predicted molar refractivity (Wildman–Crippen MR) is 67.2 cm³/mol. The number of fused-ring (bicyclic) bond motifs is 1. The number of rotatable bonds is 5. The first-order chi connectivity index (χ1) is 9.19. The smallest absolute Gasteiger partial charge is 0.313 e. The van der Waals surface area contributed by atoms with E-state index in [1.807, 2.05) is 5.06 Å². The summed E-state index contributed by atoms with van der Waals surface area (Å²) in [7, 11) is 2.97. The third kappa shape index (κ3) is 3.08. The molecule has 2 rings (SSSR count). The van der Waals surface area contributed by atoms with E-state index in [4.69, 9.17) is 14.3 Å². The number of hydrogen-bond acceptors (Lipinski definition) is 6. The number of methoxy groups -OCH3 is 2. The van der Waals surface area contributed by atoms with Crippen LogP contribution < -0.4 is 0 Å². The normalized spacial score (nSPS) is 32.9. The van der Waals surface area contributed by atoms with Crippen molar-refractivity contribution in [1.29, 1.82) is 0 Å². The minimum absolute atomic E-state index is 0.0309. The number of esters is 1. The highest BCUT2D eigenvalue weighted by molar-refractivity contribution is 5.74. The fourth-order valence-electron chi connectivity index (χ4n) is 3.00. The van der Waals surface area contributed by atoms with E-state index in [1.165, 1.54) is 7.11 Å². The number of piperidine rings is 1. The van der Waals surface area contributed by atoms with Crippen molar-refractivity contribution in [3.8, 4) is 0 Å². The summed E-state index contributed by atoms with van der Waals surface area (Å²) in [6, 6.07) is 0.0309. The highest BCUT2D eigenvalue weighted by Gasteiger charge is 2.51. The number of hydroxylamine groups is 2. The number of carbonyl (C=O) groups is 1. The van der Waals surface area contributed by atoms with Crippen LogP contribution in [-0.2, 0) is 19.1 Å². The van der Waals surface area contributed by atoms with Gasteiger partial charge in [0.25, 0.3) is 0 Å². The Morgan fingerprint density at radius 2 is 2.26 bits per heavy atom. The average Bonchev–Trinajstić information content (AvgIpc) is 2.83. The third-order valence-corrected chi connectivity index (χ3v) is 3.99. The Bertz CT molecular complexity index is 311. The number of aliphatic hydroxyl groups excluding tert-OH is 1. The molecular weight excluding hydrogens is 250 g/mol. The van der Waals surface area contributed by atoms with E-state index in [0.717, 1.165) is 25.8 Å². The minimum Gasteiger partial charge on any atom is -0.469 e. The van der Waals surface area contributed by atoms with E-state index in [-0.39, 0.29) is 12.0 Å². The second kappa shape index (κ2) is 6.65. The molecule has 0 unspecified atom stereocenters. The van der Waals surface area contributed by atoms with Crippen molar-refractivity contribution in [3.05, 3.63) is 0 Å². The Kier molecular flexibility index (Phi) is 5.15. The van der Waals surface area contributed by atoms with Crippen molar-refractivity contribution in [2.75, 3.05) is 27.4 Å². The Hall–Kier alpha value is -0.690. The molecule has 0 aromatic rings. The van der Waals surface area contributed by atoms with E-state index in [2.05, 4.69) is 0 Å². The molecule has 110 valence electrons. The molecule has 0 aromatic carbocycles. The molecule has 2 aliphatic rings. The number of nitrogens with zero attached hydrogens (tertiary/aromatic N) is 1. The Labute approximate surface area is 113 Å². The molecule has 0 spiro atoms. The first kappa shape index (κ1) is 14.7. The zero-order chi connectivity index (χ0) is 13.8. The second-order valence-electron chi connectivity index (χ2n) is 5.17. The highest BCUT2D eigenvalue weighted by atomic mass is 16.7. The van der Waals surface area contributed by atoms with Crippen LogP contribution in [0.3, 0.4) is 0 Å². The summed E-state index contributed by atoms with van der Waals surface area (Å²) in [6.45, 7) is 1.26. The van der Waals surface area contributed by atoms with Crippen molar-refractivity contribution in [3.63, 3.8) is 0 Å². The molecule has 0 saturated carbocycles. The maximum absolute atomic E-state index is 12.0. The van der Waals surface area contributed by atoms with Gasteiger partial charge in [0.1, 0.15) is 12.0 Å². The lowest BCUT2D eigenvalue weighted by Gasteiger charge is -2.28. The molecule has 6 heteroatoms. The van der Waals surface area contributed by atoms with E-state index >= 15 is 0 Å². The van der Waals surface area contributed by atoms with Gasteiger partial charge in [-0.25, -0.2) is 0 Å². The summed E-state index contributed by atoms with van der Waals surface area (Å²) < 4.78 is 9.85. The fraction of sp³-hybridized carbons (Fsp3) is 0.923. The molecule has 0 aliphatic carbocycles. The average molecular weight is 273 g/mol. The van der Waals surface area contributed by atoms with Crippen LogP contribution in [0.1, 0.15) is 25.7 Å². The summed E-state index contributed by atoms with van der Waals surface area (Å²) in [4.78, 5) is 17.8. The van der Waals surface area contributed by atoms with Gasteiger partial charge in [0, 0.05) is 20.3 Å². The molecule has 4 atom stereocenters. The third-order valence-electron chi connectivity index (χ3n) is 3.99. The molecular formula is C13H23NO5. The van der Waals surface area contributed by atoms with E-state index in [9.17, 15) is 9.90 Å². The lowest BCUT2D eigenvalue weighted by atomic mass is 9.86. The molecule has 1 N–H and O–H groups in total. The first-order valence-corrected chi connectivity index (χ1v) is 6.87. The summed E-state index contributed by atoms with van der Waals surface area (Å²) in [5.74, 6) is -0.701. The molecule has 0 radical (unpaired) electrons. The summed E-state index contributed by atoms with van der Waals surface area (Å²) in [6.07, 6.45) is 2.27. The number of aliphatic hydroxyl groups is 1. The van der Waals surface area contributed by atoms with Gasteiger partial charge in [-0.3, -0.25) is 9.63 Å². The minimum atomic E-state index is -0.713. The number of ether oxygens (including phenoxy) is 2. The van der Waals surface area contributed by atoms with Gasteiger partial charge in [-0.2, -0.15) is 5.06 Å². The van der Waals surface area contributed by atoms with E-state index in [0.29, 0.717) is 13.0 Å². The molecule has 2 saturated heterocycles. The van der Waals surface area contributed by atoms with Gasteiger partial charge in [0.05, 0.1) is 19.3 Å². The number of hydrogen-bond donors (Lipinski definition) is 1. The second-order valence-corrected chi connectivity index (χ2v) is 5.17. The van der Waals surface area contributed by atoms with E-state index < -0.39 is 18.1 Å². The monoisotopic (exact) mass is 273 g/mol. The molecule has 19 heavy (non-hydrogen) atoms. The lowest BCUT2D eigenvalue weighted by molar-refractivity contribution is -0.195. The van der Waals surface area contributed by atoms with Gasteiger partial charge in [0.15, 0.2) is 0 Å². The van der Waals surface area contributed by atoms with Crippen LogP contribution in [0.4, 0.5) is 0 Å². The van der Waals surface area contributed by atoms with Crippen LogP contribution in [0.15, 0.2) is 0 Å². The van der Waals surface area contributed by atoms with Crippen molar-refractivity contribution in [2.45, 2.75) is 43.9 Å². The standard InChI is InChI=1S/C13H23NO5/c1-17-8-6-10(15)12-11(13(16)18-2)9-5-3-4-7-14(9)19-12/h9-12,15H,3-8H2,1-2H3/t9-,10-,11-,12+/m1/s1. The zero-order valence-electron chi connectivity index (χ0n) is 11.6.